The van der Waals surface area contributed by atoms with Crippen molar-refractivity contribution in [3.05, 3.63) is 34.4 Å². The molecule has 4 heteroatoms. The first-order valence-electron chi connectivity index (χ1n) is 11.9. The van der Waals surface area contributed by atoms with E-state index < -0.39 is 0 Å². The Labute approximate surface area is 182 Å². The Kier molecular flexibility index (Phi) is 11.4. The van der Waals surface area contributed by atoms with Gasteiger partial charge >= 0.3 is 5.63 Å². The fourth-order valence-corrected chi connectivity index (χ4v) is 4.04. The van der Waals surface area contributed by atoms with Gasteiger partial charge in [-0.05, 0) is 23.9 Å². The van der Waals surface area contributed by atoms with Crippen LogP contribution in [0.25, 0.3) is 10.8 Å². The number of methoxy groups -OCH3 is 2. The van der Waals surface area contributed by atoms with Crippen molar-refractivity contribution < 1.29 is 13.9 Å². The highest BCUT2D eigenvalue weighted by Gasteiger charge is 2.12. The van der Waals surface area contributed by atoms with E-state index in [9.17, 15) is 4.79 Å². The molecule has 0 bridgehead atoms. The third-order valence-electron chi connectivity index (χ3n) is 5.83. The summed E-state index contributed by atoms with van der Waals surface area (Å²) in [5, 5.41) is 1.29. The fraction of sp³-hybridized carbons (Fsp3) is 0.654. The Morgan fingerprint density at radius 3 is 1.83 bits per heavy atom. The van der Waals surface area contributed by atoms with Gasteiger partial charge in [0.1, 0.15) is 22.6 Å². The van der Waals surface area contributed by atoms with Crippen molar-refractivity contribution >= 4 is 10.8 Å². The van der Waals surface area contributed by atoms with Crippen molar-refractivity contribution in [2.24, 2.45) is 0 Å². The summed E-state index contributed by atoms with van der Waals surface area (Å²) in [6.07, 6.45) is 18.1. The van der Waals surface area contributed by atoms with E-state index in [1.54, 1.807) is 20.3 Å². The summed E-state index contributed by atoms with van der Waals surface area (Å²) in [5.41, 5.74) is -0.336. The highest BCUT2D eigenvalue weighted by atomic mass is 16.5. The SMILES string of the molecule is CCCCCCCCCCCCCCCc1cc2cc(OC)cc(OC)c2c(=O)o1. The molecular formula is C26H40O4. The van der Waals surface area contributed by atoms with Crippen molar-refractivity contribution in [1.29, 1.82) is 0 Å². The van der Waals surface area contributed by atoms with Crippen LogP contribution in [0, 0.1) is 0 Å². The van der Waals surface area contributed by atoms with Crippen LogP contribution in [0.2, 0.25) is 0 Å². The summed E-state index contributed by atoms with van der Waals surface area (Å²) in [6, 6.07) is 5.52. The van der Waals surface area contributed by atoms with Crippen molar-refractivity contribution in [2.45, 2.75) is 96.8 Å². The molecule has 2 aromatic rings. The molecule has 0 atom stereocenters. The van der Waals surface area contributed by atoms with Crippen LogP contribution in [-0.4, -0.2) is 14.2 Å². The van der Waals surface area contributed by atoms with Gasteiger partial charge in [0, 0.05) is 12.5 Å². The minimum Gasteiger partial charge on any atom is -0.497 e. The molecule has 0 aliphatic rings. The quantitative estimate of drug-likeness (QED) is 0.267. The van der Waals surface area contributed by atoms with Gasteiger partial charge in [-0.15, -0.1) is 0 Å². The van der Waals surface area contributed by atoms with E-state index in [0.717, 1.165) is 24.0 Å². The normalized spacial score (nSPS) is 11.2. The zero-order valence-electron chi connectivity index (χ0n) is 19.3. The van der Waals surface area contributed by atoms with Crippen LogP contribution in [-0.2, 0) is 6.42 Å². The van der Waals surface area contributed by atoms with Crippen molar-refractivity contribution in [3.63, 3.8) is 0 Å². The average molecular weight is 417 g/mol. The summed E-state index contributed by atoms with van der Waals surface area (Å²) in [5.74, 6) is 1.91. The van der Waals surface area contributed by atoms with Crippen LogP contribution >= 0.6 is 0 Å². The molecule has 1 heterocycles. The molecular weight excluding hydrogens is 376 g/mol. The lowest BCUT2D eigenvalue weighted by molar-refractivity contribution is 0.395. The second kappa shape index (κ2) is 14.1. The standard InChI is InChI=1S/C26H40O4/c1-4-5-6-7-8-9-10-11-12-13-14-15-16-17-22-18-21-19-23(28-2)20-24(29-3)25(21)26(27)30-22/h18-20H,4-17H2,1-3H3. The number of unbranched alkanes of at least 4 members (excludes halogenated alkanes) is 12. The first kappa shape index (κ1) is 24.3. The van der Waals surface area contributed by atoms with Gasteiger partial charge in [0.25, 0.3) is 0 Å². The summed E-state index contributed by atoms with van der Waals surface area (Å²) in [7, 11) is 3.16. The van der Waals surface area contributed by atoms with Crippen molar-refractivity contribution in [2.75, 3.05) is 14.2 Å². The molecule has 4 nitrogen and oxygen atoms in total. The predicted molar refractivity (Wildman–Crippen MR) is 125 cm³/mol. The first-order valence-corrected chi connectivity index (χ1v) is 11.9. The predicted octanol–water partition coefficient (Wildman–Crippen LogP) is 7.44. The molecule has 2 rings (SSSR count). The molecule has 0 amide bonds. The summed E-state index contributed by atoms with van der Waals surface area (Å²) >= 11 is 0. The number of fused-ring (bicyclic) bond motifs is 1. The van der Waals surface area contributed by atoms with Crippen LogP contribution < -0.4 is 15.1 Å². The monoisotopic (exact) mass is 416 g/mol. The topological polar surface area (TPSA) is 48.7 Å². The van der Waals surface area contributed by atoms with E-state index in [1.165, 1.54) is 77.0 Å². The second-order valence-corrected chi connectivity index (χ2v) is 8.29. The van der Waals surface area contributed by atoms with E-state index in [2.05, 4.69) is 6.92 Å². The minimum absolute atomic E-state index is 0.336. The van der Waals surface area contributed by atoms with E-state index in [4.69, 9.17) is 13.9 Å². The third-order valence-corrected chi connectivity index (χ3v) is 5.83. The van der Waals surface area contributed by atoms with Gasteiger partial charge in [-0.1, -0.05) is 84.0 Å². The van der Waals surface area contributed by atoms with Crippen LogP contribution in [0.5, 0.6) is 11.5 Å². The van der Waals surface area contributed by atoms with Crippen LogP contribution in [0.15, 0.2) is 27.4 Å². The maximum atomic E-state index is 12.4. The number of ether oxygens (including phenoxy) is 2. The minimum atomic E-state index is -0.336. The van der Waals surface area contributed by atoms with Gasteiger partial charge in [0.15, 0.2) is 0 Å². The molecule has 0 radical (unpaired) electrons. The molecule has 30 heavy (non-hydrogen) atoms. The number of benzene rings is 1. The molecule has 0 unspecified atom stereocenters. The Bertz CT molecular complexity index is 793. The molecule has 168 valence electrons. The molecule has 1 aromatic heterocycles. The molecule has 0 fully saturated rings. The smallest absolute Gasteiger partial charge is 0.347 e. The van der Waals surface area contributed by atoms with E-state index in [1.807, 2.05) is 12.1 Å². The summed E-state index contributed by atoms with van der Waals surface area (Å²) in [6.45, 7) is 2.27. The molecule has 0 N–H and O–H groups in total. The number of rotatable bonds is 16. The van der Waals surface area contributed by atoms with Crippen LogP contribution in [0.3, 0.4) is 0 Å². The number of hydrogen-bond acceptors (Lipinski definition) is 4. The summed E-state index contributed by atoms with van der Waals surface area (Å²) in [4.78, 5) is 12.4. The zero-order valence-corrected chi connectivity index (χ0v) is 19.3. The molecule has 1 aromatic carbocycles. The molecule has 0 spiro atoms. The third kappa shape index (κ3) is 8.04. The summed E-state index contributed by atoms with van der Waals surface area (Å²) < 4.78 is 16.2. The average Bonchev–Trinajstić information content (AvgIpc) is 2.75. The zero-order chi connectivity index (χ0) is 21.6. The van der Waals surface area contributed by atoms with Gasteiger partial charge in [-0.3, -0.25) is 0 Å². The fourth-order valence-electron chi connectivity index (χ4n) is 4.04. The Morgan fingerprint density at radius 1 is 0.733 bits per heavy atom. The van der Waals surface area contributed by atoms with Gasteiger partial charge in [-0.25, -0.2) is 4.79 Å². The van der Waals surface area contributed by atoms with Crippen molar-refractivity contribution in [1.82, 2.24) is 0 Å². The Morgan fingerprint density at radius 2 is 1.30 bits per heavy atom. The Hall–Kier alpha value is -1.97. The lowest BCUT2D eigenvalue weighted by Crippen LogP contribution is -2.05. The number of aryl methyl sites for hydroxylation is 1. The van der Waals surface area contributed by atoms with Gasteiger partial charge in [0.2, 0.25) is 0 Å². The maximum absolute atomic E-state index is 12.4. The molecule has 0 aliphatic carbocycles. The van der Waals surface area contributed by atoms with Crippen LogP contribution in [0.4, 0.5) is 0 Å². The van der Waals surface area contributed by atoms with Gasteiger partial charge < -0.3 is 13.9 Å². The van der Waals surface area contributed by atoms with E-state index >= 15 is 0 Å². The lowest BCUT2D eigenvalue weighted by atomic mass is 10.0. The van der Waals surface area contributed by atoms with Gasteiger partial charge in [0.05, 0.1) is 14.2 Å². The van der Waals surface area contributed by atoms with E-state index in [0.29, 0.717) is 16.9 Å². The Balaban J connectivity index is 1.66. The number of hydrogen-bond donors (Lipinski definition) is 0. The lowest BCUT2D eigenvalue weighted by Gasteiger charge is -2.09. The van der Waals surface area contributed by atoms with Crippen molar-refractivity contribution in [3.8, 4) is 11.5 Å². The molecule has 0 saturated carbocycles. The van der Waals surface area contributed by atoms with Crippen LogP contribution in [0.1, 0.15) is 96.2 Å². The second-order valence-electron chi connectivity index (χ2n) is 8.29. The largest absolute Gasteiger partial charge is 0.497 e. The highest BCUT2D eigenvalue weighted by molar-refractivity contribution is 5.88. The highest BCUT2D eigenvalue weighted by Crippen LogP contribution is 2.29. The molecule has 0 saturated heterocycles. The van der Waals surface area contributed by atoms with Gasteiger partial charge in [-0.2, -0.15) is 0 Å². The molecule has 0 aliphatic heterocycles. The first-order chi connectivity index (χ1) is 14.7. The van der Waals surface area contributed by atoms with E-state index in [-0.39, 0.29) is 5.63 Å². The maximum Gasteiger partial charge on any atom is 0.347 e.